The predicted octanol–water partition coefficient (Wildman–Crippen LogP) is 2.25. The third-order valence-electron chi connectivity index (χ3n) is 1.16. The summed E-state index contributed by atoms with van der Waals surface area (Å²) in [5.74, 6) is 1.10. The van der Waals surface area contributed by atoms with Gasteiger partial charge in [-0.05, 0) is 18.6 Å². The Hall–Kier alpha value is 0.310. The van der Waals surface area contributed by atoms with Crippen molar-refractivity contribution in [3.63, 3.8) is 0 Å². The summed E-state index contributed by atoms with van der Waals surface area (Å²) in [6.07, 6.45) is 3.32. The van der Waals surface area contributed by atoms with Crippen molar-refractivity contribution < 1.29 is 5.11 Å². The highest BCUT2D eigenvalue weighted by Crippen LogP contribution is 2.12. The molecule has 0 aromatic carbocycles. The van der Waals surface area contributed by atoms with E-state index in [0.717, 1.165) is 12.2 Å². The summed E-state index contributed by atoms with van der Waals surface area (Å²) in [4.78, 5) is 0. The van der Waals surface area contributed by atoms with Gasteiger partial charge in [0, 0.05) is 0 Å². The molecular weight excluding hydrogens is 132 g/mol. The van der Waals surface area contributed by atoms with Crippen molar-refractivity contribution in [2.45, 2.75) is 38.5 Å². The van der Waals surface area contributed by atoms with E-state index in [1.165, 1.54) is 12.8 Å². The molecule has 56 valence electrons. The van der Waals surface area contributed by atoms with Crippen molar-refractivity contribution in [1.29, 1.82) is 0 Å². The molecule has 0 amide bonds. The first-order chi connectivity index (χ1) is 4.31. The van der Waals surface area contributed by atoms with E-state index < -0.39 is 0 Å². The van der Waals surface area contributed by atoms with Crippen LogP contribution in [0.5, 0.6) is 0 Å². The zero-order chi connectivity index (χ0) is 7.11. The molecule has 0 aliphatic carbocycles. The maximum absolute atomic E-state index is 9.05. The number of hydrogen-bond donors (Lipinski definition) is 1. The van der Waals surface area contributed by atoms with Crippen LogP contribution < -0.4 is 0 Å². The monoisotopic (exact) mass is 148 g/mol. The van der Waals surface area contributed by atoms with Crippen LogP contribution in [-0.4, -0.2) is 16.3 Å². The van der Waals surface area contributed by atoms with E-state index in [1.54, 1.807) is 11.8 Å². The number of aliphatic hydroxyl groups is 1. The summed E-state index contributed by atoms with van der Waals surface area (Å²) in [7, 11) is 0. The smallest absolute Gasteiger partial charge is 0.0990 e. The van der Waals surface area contributed by atoms with Crippen molar-refractivity contribution in [3.05, 3.63) is 0 Å². The fourth-order valence-electron chi connectivity index (χ4n) is 0.482. The Morgan fingerprint density at radius 3 is 2.56 bits per heavy atom. The lowest BCUT2D eigenvalue weighted by Gasteiger charge is -2.04. The Balaban J connectivity index is 2.88. The van der Waals surface area contributed by atoms with E-state index in [0.29, 0.717) is 0 Å². The normalized spacial score (nSPS) is 13.7. The largest absolute Gasteiger partial charge is 0.382 e. The van der Waals surface area contributed by atoms with Crippen LogP contribution in [0.15, 0.2) is 0 Å². The van der Waals surface area contributed by atoms with Gasteiger partial charge in [0.1, 0.15) is 0 Å². The first kappa shape index (κ1) is 9.31. The van der Waals surface area contributed by atoms with Gasteiger partial charge in [0.25, 0.3) is 0 Å². The Morgan fingerprint density at radius 2 is 2.11 bits per heavy atom. The fraction of sp³-hybridized carbons (Fsp3) is 1.00. The van der Waals surface area contributed by atoms with Gasteiger partial charge >= 0.3 is 0 Å². The number of rotatable bonds is 5. The number of thioether (sulfide) groups is 1. The third-order valence-corrected chi connectivity index (χ3v) is 2.40. The van der Waals surface area contributed by atoms with Crippen LogP contribution in [-0.2, 0) is 0 Å². The molecule has 0 bridgehead atoms. The van der Waals surface area contributed by atoms with Crippen LogP contribution in [0.3, 0.4) is 0 Å². The van der Waals surface area contributed by atoms with Gasteiger partial charge in [0.15, 0.2) is 0 Å². The summed E-state index contributed by atoms with van der Waals surface area (Å²) < 4.78 is 0. The number of aliphatic hydroxyl groups excluding tert-OH is 1. The highest BCUT2D eigenvalue weighted by molar-refractivity contribution is 7.99. The maximum atomic E-state index is 9.05. The highest BCUT2D eigenvalue weighted by Gasteiger charge is 1.97. The molecule has 1 atom stereocenters. The lowest BCUT2D eigenvalue weighted by atomic mass is 10.4. The summed E-state index contributed by atoms with van der Waals surface area (Å²) in [6, 6.07) is 0. The van der Waals surface area contributed by atoms with Crippen molar-refractivity contribution >= 4 is 11.8 Å². The second-order valence-corrected chi connectivity index (χ2v) is 3.37. The van der Waals surface area contributed by atoms with Crippen molar-refractivity contribution in [1.82, 2.24) is 0 Å². The summed E-state index contributed by atoms with van der Waals surface area (Å²) >= 11 is 1.66. The fourth-order valence-corrected chi connectivity index (χ4v) is 1.44. The van der Waals surface area contributed by atoms with E-state index in [1.807, 2.05) is 6.92 Å². The molecule has 0 spiro atoms. The molecule has 0 saturated heterocycles. The van der Waals surface area contributed by atoms with E-state index in [9.17, 15) is 0 Å². The van der Waals surface area contributed by atoms with Crippen molar-refractivity contribution in [2.75, 3.05) is 5.75 Å². The zero-order valence-electron chi connectivity index (χ0n) is 6.26. The second kappa shape index (κ2) is 6.43. The van der Waals surface area contributed by atoms with Crippen LogP contribution in [0.25, 0.3) is 0 Å². The molecule has 0 radical (unpaired) electrons. The average Bonchev–Trinajstić information content (AvgIpc) is 1.89. The quantitative estimate of drug-likeness (QED) is 0.476. The van der Waals surface area contributed by atoms with Gasteiger partial charge < -0.3 is 5.11 Å². The van der Waals surface area contributed by atoms with Crippen molar-refractivity contribution in [2.24, 2.45) is 0 Å². The molecule has 1 N–H and O–H groups in total. The van der Waals surface area contributed by atoms with Gasteiger partial charge in [-0.1, -0.05) is 20.3 Å². The molecule has 1 unspecified atom stereocenters. The first-order valence-corrected chi connectivity index (χ1v) is 4.65. The topological polar surface area (TPSA) is 20.2 Å². The molecule has 0 saturated carbocycles. The van der Waals surface area contributed by atoms with Gasteiger partial charge in [-0.2, -0.15) is 0 Å². The molecule has 1 nitrogen and oxygen atoms in total. The summed E-state index contributed by atoms with van der Waals surface area (Å²) in [5, 5.41) is 9.05. The van der Waals surface area contributed by atoms with Gasteiger partial charge in [-0.3, -0.25) is 0 Å². The van der Waals surface area contributed by atoms with Crippen LogP contribution >= 0.6 is 11.8 Å². The van der Waals surface area contributed by atoms with Gasteiger partial charge in [-0.15, -0.1) is 11.8 Å². The predicted molar refractivity (Wildman–Crippen MR) is 43.7 cm³/mol. The van der Waals surface area contributed by atoms with Crippen LogP contribution in [0.4, 0.5) is 0 Å². The molecule has 0 aromatic heterocycles. The summed E-state index contributed by atoms with van der Waals surface area (Å²) in [6.45, 7) is 4.17. The Morgan fingerprint density at radius 1 is 1.44 bits per heavy atom. The minimum absolute atomic E-state index is 0.128. The number of unbranched alkanes of at least 4 members (excludes halogenated alkanes) is 1. The maximum Gasteiger partial charge on any atom is 0.0990 e. The number of hydrogen-bond acceptors (Lipinski definition) is 2. The standard InChI is InChI=1S/C7H16OS/c1-3-5-6-9-7(8)4-2/h7-8H,3-6H2,1-2H3. The third kappa shape index (κ3) is 6.19. The summed E-state index contributed by atoms with van der Waals surface area (Å²) in [5.41, 5.74) is -0.128. The Kier molecular flexibility index (Phi) is 6.65. The lowest BCUT2D eigenvalue weighted by Crippen LogP contribution is -1.98. The molecule has 0 fully saturated rings. The minimum atomic E-state index is -0.128. The van der Waals surface area contributed by atoms with E-state index in [-0.39, 0.29) is 5.44 Å². The molecule has 0 aliphatic heterocycles. The van der Waals surface area contributed by atoms with Gasteiger partial charge in [0.2, 0.25) is 0 Å². The van der Waals surface area contributed by atoms with Crippen LogP contribution in [0.2, 0.25) is 0 Å². The van der Waals surface area contributed by atoms with E-state index in [4.69, 9.17) is 5.11 Å². The molecule has 0 rings (SSSR count). The molecule has 0 aliphatic rings. The average molecular weight is 148 g/mol. The van der Waals surface area contributed by atoms with E-state index in [2.05, 4.69) is 6.92 Å². The van der Waals surface area contributed by atoms with Crippen molar-refractivity contribution in [3.8, 4) is 0 Å². The molecule has 0 heterocycles. The SMILES string of the molecule is CCCCSC(O)CC. The Labute approximate surface area is 61.8 Å². The molecule has 9 heavy (non-hydrogen) atoms. The molecular formula is C7H16OS. The molecule has 2 heteroatoms. The zero-order valence-corrected chi connectivity index (χ0v) is 7.08. The minimum Gasteiger partial charge on any atom is -0.382 e. The van der Waals surface area contributed by atoms with Gasteiger partial charge in [0.05, 0.1) is 5.44 Å². The Bertz CT molecular complexity index is 56.9. The molecule has 0 aromatic rings. The highest BCUT2D eigenvalue weighted by atomic mass is 32.2. The van der Waals surface area contributed by atoms with E-state index >= 15 is 0 Å². The van der Waals surface area contributed by atoms with Crippen LogP contribution in [0, 0.1) is 0 Å². The van der Waals surface area contributed by atoms with Gasteiger partial charge in [-0.25, -0.2) is 0 Å². The first-order valence-electron chi connectivity index (χ1n) is 3.61. The lowest BCUT2D eigenvalue weighted by molar-refractivity contribution is 0.259. The second-order valence-electron chi connectivity index (χ2n) is 2.09. The van der Waals surface area contributed by atoms with Crippen LogP contribution in [0.1, 0.15) is 33.1 Å².